The van der Waals surface area contributed by atoms with Gasteiger partial charge in [0, 0.05) is 29.1 Å². The van der Waals surface area contributed by atoms with E-state index in [-0.39, 0.29) is 5.69 Å². The number of benzene rings is 1. The van der Waals surface area contributed by atoms with Gasteiger partial charge in [0.1, 0.15) is 0 Å². The van der Waals surface area contributed by atoms with E-state index in [0.717, 1.165) is 16.4 Å². The van der Waals surface area contributed by atoms with Gasteiger partial charge in [-0.05, 0) is 25.0 Å². The minimum Gasteiger partial charge on any atom is -0.359 e. The van der Waals surface area contributed by atoms with Gasteiger partial charge in [0.15, 0.2) is 5.13 Å². The molecule has 1 N–H and O–H groups in total. The number of rotatable bonds is 4. The highest BCUT2D eigenvalue weighted by Crippen LogP contribution is 2.29. The van der Waals surface area contributed by atoms with Crippen molar-refractivity contribution in [3.05, 3.63) is 39.8 Å². The number of thiazole rings is 1. The van der Waals surface area contributed by atoms with Crippen LogP contribution in [0, 0.1) is 10.1 Å². The molecule has 1 aliphatic rings. The molecular formula is C14H15N3O2S. The summed E-state index contributed by atoms with van der Waals surface area (Å²) < 4.78 is 0. The monoisotopic (exact) mass is 289 g/mol. The number of non-ortho nitro benzene ring substituents is 1. The van der Waals surface area contributed by atoms with Crippen LogP contribution in [-0.2, 0) is 0 Å². The van der Waals surface area contributed by atoms with Gasteiger partial charge in [-0.2, -0.15) is 0 Å². The summed E-state index contributed by atoms with van der Waals surface area (Å²) >= 11 is 1.59. The van der Waals surface area contributed by atoms with E-state index >= 15 is 0 Å². The Morgan fingerprint density at radius 3 is 2.60 bits per heavy atom. The maximum absolute atomic E-state index is 10.6. The highest BCUT2D eigenvalue weighted by molar-refractivity contribution is 7.14. The molecule has 1 fully saturated rings. The van der Waals surface area contributed by atoms with Crippen LogP contribution in [0.25, 0.3) is 11.3 Å². The summed E-state index contributed by atoms with van der Waals surface area (Å²) in [4.78, 5) is 14.8. The Bertz CT molecular complexity index is 603. The van der Waals surface area contributed by atoms with E-state index < -0.39 is 4.92 Å². The number of anilines is 1. The molecule has 0 aliphatic heterocycles. The molecule has 0 unspecified atom stereocenters. The molecule has 0 spiro atoms. The fourth-order valence-electron chi connectivity index (χ4n) is 2.47. The molecule has 0 saturated heterocycles. The van der Waals surface area contributed by atoms with Crippen LogP contribution >= 0.6 is 11.3 Å². The summed E-state index contributed by atoms with van der Waals surface area (Å²) in [5.41, 5.74) is 1.88. The van der Waals surface area contributed by atoms with E-state index in [2.05, 4.69) is 10.3 Å². The lowest BCUT2D eigenvalue weighted by Gasteiger charge is -2.09. The molecule has 0 amide bonds. The predicted octanol–water partition coefficient (Wildman–Crippen LogP) is 4.07. The van der Waals surface area contributed by atoms with Crippen LogP contribution in [0.1, 0.15) is 25.7 Å². The largest absolute Gasteiger partial charge is 0.359 e. The topological polar surface area (TPSA) is 68.1 Å². The highest BCUT2D eigenvalue weighted by Gasteiger charge is 2.16. The summed E-state index contributed by atoms with van der Waals surface area (Å²) in [5.74, 6) is 0. The lowest BCUT2D eigenvalue weighted by atomic mass is 10.1. The summed E-state index contributed by atoms with van der Waals surface area (Å²) in [6.45, 7) is 0. The van der Waals surface area contributed by atoms with Gasteiger partial charge in [0.05, 0.1) is 10.6 Å². The van der Waals surface area contributed by atoms with E-state index in [1.807, 2.05) is 5.38 Å². The minimum absolute atomic E-state index is 0.105. The molecule has 0 radical (unpaired) electrons. The van der Waals surface area contributed by atoms with Gasteiger partial charge < -0.3 is 5.32 Å². The summed E-state index contributed by atoms with van der Waals surface area (Å²) in [6, 6.07) is 7.06. The molecule has 3 rings (SSSR count). The van der Waals surface area contributed by atoms with Crippen molar-refractivity contribution in [2.75, 3.05) is 5.32 Å². The number of nitrogens with zero attached hydrogens (tertiary/aromatic N) is 2. The van der Waals surface area contributed by atoms with Crippen molar-refractivity contribution in [3.63, 3.8) is 0 Å². The van der Waals surface area contributed by atoms with E-state index in [4.69, 9.17) is 0 Å². The fourth-order valence-corrected chi connectivity index (χ4v) is 3.27. The molecular weight excluding hydrogens is 274 g/mol. The normalized spacial score (nSPS) is 15.4. The van der Waals surface area contributed by atoms with Crippen LogP contribution in [0.4, 0.5) is 10.8 Å². The third kappa shape index (κ3) is 2.80. The third-order valence-corrected chi connectivity index (χ3v) is 4.33. The molecule has 1 aromatic heterocycles. The second kappa shape index (κ2) is 5.58. The number of nitrogens with one attached hydrogen (secondary N) is 1. The number of hydrogen-bond acceptors (Lipinski definition) is 5. The van der Waals surface area contributed by atoms with Crippen LogP contribution in [-0.4, -0.2) is 15.9 Å². The molecule has 0 atom stereocenters. The Morgan fingerprint density at radius 2 is 1.95 bits per heavy atom. The van der Waals surface area contributed by atoms with Gasteiger partial charge in [0.2, 0.25) is 0 Å². The van der Waals surface area contributed by atoms with Gasteiger partial charge in [-0.3, -0.25) is 10.1 Å². The van der Waals surface area contributed by atoms with E-state index in [1.165, 1.54) is 37.8 Å². The Hall–Kier alpha value is -1.95. The van der Waals surface area contributed by atoms with Gasteiger partial charge in [0.25, 0.3) is 5.69 Å². The van der Waals surface area contributed by atoms with Crippen LogP contribution < -0.4 is 5.32 Å². The van der Waals surface area contributed by atoms with Crippen molar-refractivity contribution in [1.82, 2.24) is 4.98 Å². The number of hydrogen-bond donors (Lipinski definition) is 1. The number of aromatic nitrogens is 1. The zero-order chi connectivity index (χ0) is 13.9. The Balaban J connectivity index is 1.73. The maximum Gasteiger partial charge on any atom is 0.269 e. The second-order valence-electron chi connectivity index (χ2n) is 4.97. The lowest BCUT2D eigenvalue weighted by Crippen LogP contribution is -2.13. The average Bonchev–Trinajstić information content (AvgIpc) is 3.11. The van der Waals surface area contributed by atoms with Crippen molar-refractivity contribution in [1.29, 1.82) is 0 Å². The van der Waals surface area contributed by atoms with Gasteiger partial charge in [-0.15, -0.1) is 11.3 Å². The van der Waals surface area contributed by atoms with E-state index in [1.54, 1.807) is 23.5 Å². The molecule has 6 heteroatoms. The Labute approximate surface area is 120 Å². The number of nitro groups is 1. The van der Waals surface area contributed by atoms with E-state index in [9.17, 15) is 10.1 Å². The smallest absolute Gasteiger partial charge is 0.269 e. The van der Waals surface area contributed by atoms with Crippen molar-refractivity contribution in [3.8, 4) is 11.3 Å². The standard InChI is InChI=1S/C14H15N3O2S/c18-17(19)12-7-5-10(6-8-12)13-9-20-14(16-13)15-11-3-1-2-4-11/h5-9,11H,1-4H2,(H,15,16). The molecule has 1 saturated carbocycles. The Kier molecular flexibility index (Phi) is 3.64. The number of nitro benzene ring substituents is 1. The zero-order valence-electron chi connectivity index (χ0n) is 10.9. The fraction of sp³-hybridized carbons (Fsp3) is 0.357. The first-order valence-electron chi connectivity index (χ1n) is 6.69. The molecule has 1 aliphatic carbocycles. The molecule has 104 valence electrons. The molecule has 20 heavy (non-hydrogen) atoms. The summed E-state index contributed by atoms with van der Waals surface area (Å²) in [7, 11) is 0. The molecule has 1 aromatic carbocycles. The van der Waals surface area contributed by atoms with Crippen LogP contribution in [0.2, 0.25) is 0 Å². The van der Waals surface area contributed by atoms with Crippen molar-refractivity contribution in [2.45, 2.75) is 31.7 Å². The molecule has 1 heterocycles. The maximum atomic E-state index is 10.6. The summed E-state index contributed by atoms with van der Waals surface area (Å²) in [6.07, 6.45) is 5.01. The molecule has 5 nitrogen and oxygen atoms in total. The van der Waals surface area contributed by atoms with Crippen LogP contribution in [0.15, 0.2) is 29.6 Å². The van der Waals surface area contributed by atoms with Crippen molar-refractivity contribution >= 4 is 22.2 Å². The van der Waals surface area contributed by atoms with Gasteiger partial charge >= 0.3 is 0 Å². The first kappa shape index (κ1) is 13.1. The minimum atomic E-state index is -0.391. The van der Waals surface area contributed by atoms with Crippen molar-refractivity contribution < 1.29 is 4.92 Å². The van der Waals surface area contributed by atoms with Crippen LogP contribution in [0.3, 0.4) is 0 Å². The van der Waals surface area contributed by atoms with Gasteiger partial charge in [-0.25, -0.2) is 4.98 Å². The van der Waals surface area contributed by atoms with E-state index in [0.29, 0.717) is 6.04 Å². The summed E-state index contributed by atoms with van der Waals surface area (Å²) in [5, 5.41) is 17.0. The molecule has 2 aromatic rings. The predicted molar refractivity (Wildman–Crippen MR) is 80.1 cm³/mol. The van der Waals surface area contributed by atoms with Crippen molar-refractivity contribution in [2.24, 2.45) is 0 Å². The average molecular weight is 289 g/mol. The van der Waals surface area contributed by atoms with Crippen LogP contribution in [0.5, 0.6) is 0 Å². The second-order valence-corrected chi connectivity index (χ2v) is 5.83. The molecule has 0 bridgehead atoms. The first-order chi connectivity index (χ1) is 9.72. The third-order valence-electron chi connectivity index (χ3n) is 3.56. The zero-order valence-corrected chi connectivity index (χ0v) is 11.7. The SMILES string of the molecule is O=[N+]([O-])c1ccc(-c2csc(NC3CCCC3)n2)cc1. The Morgan fingerprint density at radius 1 is 1.25 bits per heavy atom. The highest BCUT2D eigenvalue weighted by atomic mass is 32.1. The van der Waals surface area contributed by atoms with Gasteiger partial charge in [-0.1, -0.05) is 12.8 Å². The first-order valence-corrected chi connectivity index (χ1v) is 7.57. The quantitative estimate of drug-likeness (QED) is 0.680. The lowest BCUT2D eigenvalue weighted by molar-refractivity contribution is -0.384.